The summed E-state index contributed by atoms with van der Waals surface area (Å²) in [6, 6.07) is 8.43. The lowest BCUT2D eigenvalue weighted by molar-refractivity contribution is 0.373. The highest BCUT2D eigenvalue weighted by Gasteiger charge is 2.03. The molecule has 4 N–H and O–H groups in total. The van der Waals surface area contributed by atoms with Crippen LogP contribution >= 0.6 is 0 Å². The van der Waals surface area contributed by atoms with Gasteiger partial charge >= 0.3 is 0 Å². The van der Waals surface area contributed by atoms with Gasteiger partial charge in [-0.1, -0.05) is 0 Å². The van der Waals surface area contributed by atoms with E-state index in [4.69, 9.17) is 10.5 Å². The monoisotopic (exact) mass is 231 g/mol. The van der Waals surface area contributed by atoms with Crippen molar-refractivity contribution in [2.24, 2.45) is 0 Å². The summed E-state index contributed by atoms with van der Waals surface area (Å²) in [7, 11) is 1.50. The molecule has 88 valence electrons. The number of hydrogen-bond donors (Lipinski definition) is 3. The molecule has 1 aromatic heterocycles. The first-order chi connectivity index (χ1) is 8.19. The predicted molar refractivity (Wildman–Crippen MR) is 66.6 cm³/mol. The van der Waals surface area contributed by atoms with E-state index in [1.807, 2.05) is 0 Å². The third kappa shape index (κ3) is 2.57. The lowest BCUT2D eigenvalue weighted by atomic mass is 10.2. The maximum absolute atomic E-state index is 9.61. The fourth-order valence-corrected chi connectivity index (χ4v) is 1.43. The number of hydrogen-bond acceptors (Lipinski definition) is 5. The van der Waals surface area contributed by atoms with Crippen molar-refractivity contribution < 1.29 is 9.84 Å². The maximum Gasteiger partial charge on any atom is 0.160 e. The zero-order valence-corrected chi connectivity index (χ0v) is 9.34. The molecule has 5 heteroatoms. The summed E-state index contributed by atoms with van der Waals surface area (Å²) in [5.74, 6) is 1.12. The minimum atomic E-state index is 0.0707. The van der Waals surface area contributed by atoms with Crippen molar-refractivity contribution in [2.75, 3.05) is 18.2 Å². The van der Waals surface area contributed by atoms with Crippen LogP contribution < -0.4 is 15.8 Å². The van der Waals surface area contributed by atoms with E-state index in [0.717, 1.165) is 0 Å². The van der Waals surface area contributed by atoms with Crippen molar-refractivity contribution in [2.45, 2.75) is 0 Å². The minimum absolute atomic E-state index is 0.0707. The molecule has 0 spiro atoms. The molecule has 0 fully saturated rings. The second-order valence-corrected chi connectivity index (χ2v) is 3.49. The van der Waals surface area contributed by atoms with Crippen LogP contribution in [0.15, 0.2) is 36.5 Å². The minimum Gasteiger partial charge on any atom is -0.504 e. The van der Waals surface area contributed by atoms with E-state index < -0.39 is 0 Å². The van der Waals surface area contributed by atoms with Crippen LogP contribution in [0.25, 0.3) is 0 Å². The zero-order chi connectivity index (χ0) is 12.3. The molecule has 5 nitrogen and oxygen atoms in total. The summed E-state index contributed by atoms with van der Waals surface area (Å²) in [5, 5.41) is 12.6. The Morgan fingerprint density at radius 1 is 1.29 bits per heavy atom. The Balaban J connectivity index is 2.22. The maximum atomic E-state index is 9.61. The molecule has 0 radical (unpaired) electrons. The molecule has 1 heterocycles. The Kier molecular flexibility index (Phi) is 3.00. The third-order valence-electron chi connectivity index (χ3n) is 2.24. The highest BCUT2D eigenvalue weighted by molar-refractivity contribution is 5.62. The van der Waals surface area contributed by atoms with Crippen LogP contribution in [0.5, 0.6) is 11.5 Å². The van der Waals surface area contributed by atoms with E-state index in [2.05, 4.69) is 10.3 Å². The predicted octanol–water partition coefficient (Wildman–Crippen LogP) is 2.12. The van der Waals surface area contributed by atoms with Crippen LogP contribution in [-0.4, -0.2) is 17.2 Å². The number of nitrogens with two attached hydrogens (primary N) is 1. The average molecular weight is 231 g/mol. The van der Waals surface area contributed by atoms with Gasteiger partial charge in [-0.25, -0.2) is 4.98 Å². The Labute approximate surface area is 98.9 Å². The molecule has 0 saturated carbocycles. The zero-order valence-electron chi connectivity index (χ0n) is 9.34. The van der Waals surface area contributed by atoms with Crippen molar-refractivity contribution in [3.05, 3.63) is 36.5 Å². The summed E-state index contributed by atoms with van der Waals surface area (Å²) in [5.41, 5.74) is 6.97. The summed E-state index contributed by atoms with van der Waals surface area (Å²) >= 11 is 0. The molecule has 0 aliphatic rings. The number of aromatic nitrogens is 1. The third-order valence-corrected chi connectivity index (χ3v) is 2.24. The Morgan fingerprint density at radius 3 is 2.76 bits per heavy atom. The van der Waals surface area contributed by atoms with Crippen LogP contribution in [0.2, 0.25) is 0 Å². The Hall–Kier alpha value is -2.43. The average Bonchev–Trinajstić information content (AvgIpc) is 2.29. The van der Waals surface area contributed by atoms with E-state index in [1.165, 1.54) is 7.11 Å². The van der Waals surface area contributed by atoms with Gasteiger partial charge in [0.25, 0.3) is 0 Å². The van der Waals surface area contributed by atoms with Crippen molar-refractivity contribution in [3.63, 3.8) is 0 Å². The van der Waals surface area contributed by atoms with Gasteiger partial charge < -0.3 is 20.9 Å². The number of phenolic OH excluding ortho intramolecular Hbond substituents is 1. The first kappa shape index (κ1) is 11.1. The fourth-order valence-electron chi connectivity index (χ4n) is 1.43. The van der Waals surface area contributed by atoms with Gasteiger partial charge in [-0.3, -0.25) is 0 Å². The van der Waals surface area contributed by atoms with Gasteiger partial charge in [0.1, 0.15) is 5.82 Å². The number of benzene rings is 1. The Morgan fingerprint density at radius 2 is 2.12 bits per heavy atom. The topological polar surface area (TPSA) is 80.4 Å². The van der Waals surface area contributed by atoms with Gasteiger partial charge in [0.05, 0.1) is 7.11 Å². The van der Waals surface area contributed by atoms with Crippen LogP contribution in [0.3, 0.4) is 0 Å². The second-order valence-electron chi connectivity index (χ2n) is 3.49. The van der Waals surface area contributed by atoms with Crippen LogP contribution in [0.4, 0.5) is 17.2 Å². The molecule has 0 amide bonds. The second kappa shape index (κ2) is 4.61. The van der Waals surface area contributed by atoms with Gasteiger partial charge in [0, 0.05) is 29.7 Å². The van der Waals surface area contributed by atoms with Crippen molar-refractivity contribution in [3.8, 4) is 11.5 Å². The van der Waals surface area contributed by atoms with Gasteiger partial charge in [-0.2, -0.15) is 0 Å². The molecule has 2 rings (SSSR count). The standard InChI is InChI=1S/C12H13N3O2/c1-17-11-3-2-9(7-10(11)16)15-12-6-8(13)4-5-14-12/h2-7,16H,1H3,(H3,13,14,15). The number of anilines is 3. The fraction of sp³-hybridized carbons (Fsp3) is 0.0833. The number of ether oxygens (including phenoxy) is 1. The normalized spacial score (nSPS) is 9.94. The first-order valence-electron chi connectivity index (χ1n) is 5.04. The number of methoxy groups -OCH3 is 1. The molecule has 0 unspecified atom stereocenters. The van der Waals surface area contributed by atoms with Crippen molar-refractivity contribution >= 4 is 17.2 Å². The van der Waals surface area contributed by atoms with E-state index in [-0.39, 0.29) is 5.75 Å². The Bertz CT molecular complexity index is 529. The largest absolute Gasteiger partial charge is 0.504 e. The number of aromatic hydroxyl groups is 1. The van der Waals surface area contributed by atoms with Gasteiger partial charge in [0.15, 0.2) is 11.5 Å². The lowest BCUT2D eigenvalue weighted by Gasteiger charge is -2.08. The van der Waals surface area contributed by atoms with Gasteiger partial charge in [-0.05, 0) is 18.2 Å². The van der Waals surface area contributed by atoms with E-state index in [0.29, 0.717) is 22.9 Å². The van der Waals surface area contributed by atoms with E-state index in [1.54, 1.807) is 36.5 Å². The quantitative estimate of drug-likeness (QED) is 0.754. The number of phenols is 1. The van der Waals surface area contributed by atoms with Crippen LogP contribution in [0, 0.1) is 0 Å². The van der Waals surface area contributed by atoms with E-state index >= 15 is 0 Å². The van der Waals surface area contributed by atoms with Crippen molar-refractivity contribution in [1.29, 1.82) is 0 Å². The smallest absolute Gasteiger partial charge is 0.160 e. The summed E-state index contributed by atoms with van der Waals surface area (Å²) in [6.45, 7) is 0. The summed E-state index contributed by atoms with van der Waals surface area (Å²) in [6.07, 6.45) is 1.61. The molecular formula is C12H13N3O2. The number of nitrogen functional groups attached to an aromatic ring is 1. The molecule has 17 heavy (non-hydrogen) atoms. The SMILES string of the molecule is COc1ccc(Nc2cc(N)ccn2)cc1O. The van der Waals surface area contributed by atoms with Crippen LogP contribution in [0.1, 0.15) is 0 Å². The number of pyridine rings is 1. The van der Waals surface area contributed by atoms with Gasteiger partial charge in [-0.15, -0.1) is 0 Å². The number of rotatable bonds is 3. The molecule has 2 aromatic rings. The molecule has 1 aromatic carbocycles. The van der Waals surface area contributed by atoms with Crippen LogP contribution in [-0.2, 0) is 0 Å². The highest BCUT2D eigenvalue weighted by atomic mass is 16.5. The lowest BCUT2D eigenvalue weighted by Crippen LogP contribution is -1.95. The molecule has 0 bridgehead atoms. The first-order valence-corrected chi connectivity index (χ1v) is 5.04. The van der Waals surface area contributed by atoms with Crippen molar-refractivity contribution in [1.82, 2.24) is 4.98 Å². The van der Waals surface area contributed by atoms with E-state index in [9.17, 15) is 5.11 Å². The number of nitrogens with zero attached hydrogens (tertiary/aromatic N) is 1. The summed E-state index contributed by atoms with van der Waals surface area (Å²) in [4.78, 5) is 4.10. The summed E-state index contributed by atoms with van der Waals surface area (Å²) < 4.78 is 4.96. The number of nitrogens with one attached hydrogen (secondary N) is 1. The van der Waals surface area contributed by atoms with Gasteiger partial charge in [0.2, 0.25) is 0 Å². The molecule has 0 aliphatic carbocycles. The molecule has 0 atom stereocenters. The molecular weight excluding hydrogens is 218 g/mol. The molecule has 0 aliphatic heterocycles. The highest BCUT2D eigenvalue weighted by Crippen LogP contribution is 2.29. The molecule has 0 saturated heterocycles.